The molecule has 33 heavy (non-hydrogen) atoms. The van der Waals surface area contributed by atoms with Gasteiger partial charge in [-0.15, -0.1) is 0 Å². The van der Waals surface area contributed by atoms with Gasteiger partial charge in [0, 0.05) is 0 Å². The van der Waals surface area contributed by atoms with E-state index in [0.717, 1.165) is 0 Å². The molecule has 0 aliphatic heterocycles. The zero-order chi connectivity index (χ0) is 25.4. The van der Waals surface area contributed by atoms with E-state index in [-0.39, 0.29) is 12.8 Å². The zero-order valence-corrected chi connectivity index (χ0v) is 21.2. The Kier molecular flexibility index (Phi) is 17.0. The summed E-state index contributed by atoms with van der Waals surface area (Å²) in [6, 6.07) is -4.31. The van der Waals surface area contributed by atoms with Crippen molar-refractivity contribution in [3.63, 3.8) is 0 Å². The van der Waals surface area contributed by atoms with Crippen LogP contribution in [0.15, 0.2) is 0 Å². The first-order chi connectivity index (χ1) is 15.6. The molecule has 9 N–H and O–H groups in total. The molecule has 0 aromatic heterocycles. The van der Waals surface area contributed by atoms with Crippen LogP contribution in [0.3, 0.4) is 0 Å². The summed E-state index contributed by atoms with van der Waals surface area (Å²) >= 11 is 2.98. The molecule has 0 radical (unpaired) electrons. The normalized spacial score (nSPS) is 15.6. The van der Waals surface area contributed by atoms with Crippen molar-refractivity contribution in [1.82, 2.24) is 16.0 Å². The second-order valence-electron chi connectivity index (χ2n) is 7.64. The van der Waals surface area contributed by atoms with E-state index < -0.39 is 54.0 Å². The number of thioether (sulfide) groups is 2. The van der Waals surface area contributed by atoms with E-state index in [1.807, 2.05) is 12.5 Å². The average Bonchev–Trinajstić information content (AvgIpc) is 2.76. The van der Waals surface area contributed by atoms with Gasteiger partial charge in [-0.3, -0.25) is 14.4 Å². The monoisotopic (exact) mass is 509 g/mol. The molecule has 0 heterocycles. The van der Waals surface area contributed by atoms with Gasteiger partial charge in [0.25, 0.3) is 0 Å². The second-order valence-corrected chi connectivity index (χ2v) is 9.61. The van der Waals surface area contributed by atoms with Gasteiger partial charge >= 0.3 is 5.97 Å². The molecule has 0 rings (SSSR count). The molecule has 0 aromatic rings. The van der Waals surface area contributed by atoms with Gasteiger partial charge < -0.3 is 37.6 Å². The van der Waals surface area contributed by atoms with Crippen molar-refractivity contribution in [2.75, 3.05) is 30.6 Å². The van der Waals surface area contributed by atoms with Crippen LogP contribution >= 0.6 is 23.5 Å². The van der Waals surface area contributed by atoms with Crippen molar-refractivity contribution in [3.05, 3.63) is 0 Å². The molecule has 3 amide bonds. The Morgan fingerprint density at radius 1 is 0.848 bits per heavy atom. The van der Waals surface area contributed by atoms with E-state index in [1.165, 1.54) is 30.4 Å². The number of unbranched alkanes of at least 4 members (excludes halogenated alkanes) is 1. The SMILES string of the molecule is CSCCC(N)C(=O)NC(C(=O)NC(CCSC)C(=O)NC(CCCCN)C(=O)O)C(C)O. The Hall–Kier alpha value is -1.54. The van der Waals surface area contributed by atoms with E-state index in [2.05, 4.69) is 16.0 Å². The number of rotatable bonds is 18. The third kappa shape index (κ3) is 13.1. The predicted molar refractivity (Wildman–Crippen MR) is 132 cm³/mol. The molecule has 0 saturated carbocycles. The van der Waals surface area contributed by atoms with E-state index >= 15 is 0 Å². The van der Waals surface area contributed by atoms with E-state index in [4.69, 9.17) is 11.5 Å². The van der Waals surface area contributed by atoms with Gasteiger partial charge in [0.1, 0.15) is 18.1 Å². The van der Waals surface area contributed by atoms with Crippen molar-refractivity contribution in [1.29, 1.82) is 0 Å². The first kappa shape index (κ1) is 31.5. The molecule has 5 unspecified atom stereocenters. The van der Waals surface area contributed by atoms with E-state index in [0.29, 0.717) is 37.3 Å². The highest BCUT2D eigenvalue weighted by Crippen LogP contribution is 2.07. The number of aliphatic hydroxyl groups is 1. The molecule has 192 valence electrons. The topological polar surface area (TPSA) is 197 Å². The lowest BCUT2D eigenvalue weighted by molar-refractivity contribution is -0.142. The molecular weight excluding hydrogens is 470 g/mol. The molecule has 0 aliphatic carbocycles. The minimum atomic E-state index is -1.32. The minimum absolute atomic E-state index is 0.210. The van der Waals surface area contributed by atoms with Gasteiger partial charge in [-0.25, -0.2) is 4.79 Å². The smallest absolute Gasteiger partial charge is 0.326 e. The summed E-state index contributed by atoms with van der Waals surface area (Å²) in [6.45, 7) is 1.76. The summed E-state index contributed by atoms with van der Waals surface area (Å²) < 4.78 is 0. The molecule has 0 spiro atoms. The first-order valence-electron chi connectivity index (χ1n) is 10.8. The van der Waals surface area contributed by atoms with Crippen molar-refractivity contribution >= 4 is 47.2 Å². The maximum Gasteiger partial charge on any atom is 0.326 e. The van der Waals surface area contributed by atoms with Crippen molar-refractivity contribution in [2.45, 2.75) is 69.3 Å². The predicted octanol–water partition coefficient (Wildman–Crippen LogP) is -1.13. The number of aliphatic hydroxyl groups excluding tert-OH is 1. The van der Waals surface area contributed by atoms with Crippen LogP contribution in [0.4, 0.5) is 0 Å². The summed E-state index contributed by atoms with van der Waals surface area (Å²) in [4.78, 5) is 49.4. The number of carbonyl (C=O) groups excluding carboxylic acids is 3. The quantitative estimate of drug-likeness (QED) is 0.111. The number of hydrogen-bond acceptors (Lipinski definition) is 9. The van der Waals surface area contributed by atoms with Gasteiger partial charge in [0.05, 0.1) is 12.1 Å². The fraction of sp³-hybridized carbons (Fsp3) is 0.800. The molecule has 0 aromatic carbocycles. The van der Waals surface area contributed by atoms with Gasteiger partial charge in [0.15, 0.2) is 0 Å². The Labute approximate surface area is 203 Å². The number of carbonyl (C=O) groups is 4. The summed E-state index contributed by atoms with van der Waals surface area (Å²) in [6.07, 6.45) is 4.48. The average molecular weight is 510 g/mol. The fourth-order valence-electron chi connectivity index (χ4n) is 2.83. The molecule has 0 saturated heterocycles. The maximum atomic E-state index is 12.8. The third-order valence-corrected chi connectivity index (χ3v) is 6.13. The van der Waals surface area contributed by atoms with Crippen LogP contribution in [-0.4, -0.2) is 94.7 Å². The lowest BCUT2D eigenvalue weighted by atomic mass is 10.1. The number of nitrogens with one attached hydrogen (secondary N) is 3. The molecule has 0 fully saturated rings. The van der Waals surface area contributed by atoms with Crippen LogP contribution in [0.25, 0.3) is 0 Å². The Morgan fingerprint density at radius 2 is 1.42 bits per heavy atom. The maximum absolute atomic E-state index is 12.8. The number of nitrogens with two attached hydrogens (primary N) is 2. The van der Waals surface area contributed by atoms with E-state index in [9.17, 15) is 29.4 Å². The third-order valence-electron chi connectivity index (χ3n) is 4.84. The highest BCUT2D eigenvalue weighted by atomic mass is 32.2. The summed E-state index contributed by atoms with van der Waals surface area (Å²) in [5.74, 6) is -1.98. The van der Waals surface area contributed by atoms with Crippen LogP contribution in [0.1, 0.15) is 39.0 Å². The highest BCUT2D eigenvalue weighted by Gasteiger charge is 2.32. The molecule has 11 nitrogen and oxygen atoms in total. The fourth-order valence-corrected chi connectivity index (χ4v) is 3.79. The summed E-state index contributed by atoms with van der Waals surface area (Å²) in [7, 11) is 0. The van der Waals surface area contributed by atoms with Gasteiger partial charge in [-0.2, -0.15) is 23.5 Å². The summed E-state index contributed by atoms with van der Waals surface area (Å²) in [5, 5.41) is 26.9. The van der Waals surface area contributed by atoms with Crippen molar-refractivity contribution in [2.24, 2.45) is 11.5 Å². The number of amides is 3. The summed E-state index contributed by atoms with van der Waals surface area (Å²) in [5.41, 5.74) is 11.3. The van der Waals surface area contributed by atoms with Crippen LogP contribution in [0.5, 0.6) is 0 Å². The lowest BCUT2D eigenvalue weighted by Crippen LogP contribution is -2.59. The molecule has 13 heteroatoms. The molecule has 0 aliphatic rings. The second kappa shape index (κ2) is 17.9. The highest BCUT2D eigenvalue weighted by molar-refractivity contribution is 7.98. The van der Waals surface area contributed by atoms with Crippen molar-refractivity contribution < 1.29 is 29.4 Å². The lowest BCUT2D eigenvalue weighted by Gasteiger charge is -2.26. The minimum Gasteiger partial charge on any atom is -0.480 e. The number of aliphatic carboxylic acids is 1. The Balaban J connectivity index is 5.28. The Morgan fingerprint density at radius 3 is 1.94 bits per heavy atom. The van der Waals surface area contributed by atoms with Crippen LogP contribution in [0.2, 0.25) is 0 Å². The van der Waals surface area contributed by atoms with Crippen LogP contribution in [0, 0.1) is 0 Å². The zero-order valence-electron chi connectivity index (χ0n) is 19.5. The number of hydrogen-bond donors (Lipinski definition) is 7. The molecule has 0 bridgehead atoms. The number of carboxylic acids is 1. The Bertz CT molecular complexity index is 626. The first-order valence-corrected chi connectivity index (χ1v) is 13.6. The van der Waals surface area contributed by atoms with Gasteiger partial charge in [0.2, 0.25) is 17.7 Å². The van der Waals surface area contributed by atoms with Crippen molar-refractivity contribution in [3.8, 4) is 0 Å². The van der Waals surface area contributed by atoms with Crippen LogP contribution < -0.4 is 27.4 Å². The standard InChI is InChI=1S/C20H39N5O6S2/c1-12(26)16(25-17(27)13(22)7-10-32-2)19(29)23-14(8-11-33-3)18(28)24-15(20(30)31)6-4-5-9-21/h12-16,26H,4-11,21-22H2,1-3H3,(H,23,29)(H,24,28)(H,25,27)(H,30,31). The molecule has 5 atom stereocenters. The largest absolute Gasteiger partial charge is 0.480 e. The van der Waals surface area contributed by atoms with Gasteiger partial charge in [-0.05, 0) is 69.6 Å². The van der Waals surface area contributed by atoms with Crippen LogP contribution in [-0.2, 0) is 19.2 Å². The number of carboxylic acid groups (broad SMARTS) is 1. The van der Waals surface area contributed by atoms with E-state index in [1.54, 1.807) is 0 Å². The molecular formula is C20H39N5O6S2. The van der Waals surface area contributed by atoms with Gasteiger partial charge in [-0.1, -0.05) is 0 Å².